The molecular weight excluding hydrogens is 355 g/mol. The molecule has 6 heteroatoms. The number of carbonyl (C=O) groups excluding carboxylic acids is 1. The van der Waals surface area contributed by atoms with E-state index in [1.807, 2.05) is 19.1 Å². The fraction of sp³-hybridized carbons (Fsp3) is 0.273. The molecule has 0 atom stereocenters. The van der Waals surface area contributed by atoms with E-state index >= 15 is 0 Å². The Labute approximate surface area is 163 Å². The van der Waals surface area contributed by atoms with Crippen molar-refractivity contribution in [2.75, 3.05) is 23.3 Å². The Morgan fingerprint density at radius 1 is 1.11 bits per heavy atom. The first-order valence-corrected chi connectivity index (χ1v) is 9.59. The first-order valence-electron chi connectivity index (χ1n) is 9.59. The molecule has 1 amide bonds. The lowest BCUT2D eigenvalue weighted by molar-refractivity contribution is 0.102. The van der Waals surface area contributed by atoms with Gasteiger partial charge in [-0.15, -0.1) is 0 Å². The highest BCUT2D eigenvalue weighted by Gasteiger charge is 2.17. The van der Waals surface area contributed by atoms with E-state index in [0.29, 0.717) is 11.4 Å². The van der Waals surface area contributed by atoms with Crippen molar-refractivity contribution in [3.8, 4) is 11.3 Å². The highest BCUT2D eigenvalue weighted by molar-refractivity contribution is 6.06. The van der Waals surface area contributed by atoms with Gasteiger partial charge in [-0.3, -0.25) is 9.89 Å². The summed E-state index contributed by atoms with van der Waals surface area (Å²) in [7, 11) is 0. The second-order valence-corrected chi connectivity index (χ2v) is 7.13. The van der Waals surface area contributed by atoms with Crippen LogP contribution in [0.25, 0.3) is 11.3 Å². The van der Waals surface area contributed by atoms with E-state index in [4.69, 9.17) is 0 Å². The molecule has 144 valence electrons. The van der Waals surface area contributed by atoms with Crippen LogP contribution in [0, 0.1) is 12.7 Å². The molecule has 0 aliphatic carbocycles. The van der Waals surface area contributed by atoms with Crippen LogP contribution in [0.1, 0.15) is 35.3 Å². The zero-order valence-corrected chi connectivity index (χ0v) is 15.8. The van der Waals surface area contributed by atoms with E-state index < -0.39 is 5.82 Å². The molecule has 1 aliphatic heterocycles. The van der Waals surface area contributed by atoms with Crippen LogP contribution in [-0.2, 0) is 0 Å². The van der Waals surface area contributed by atoms with Gasteiger partial charge < -0.3 is 10.2 Å². The number of hydrogen-bond acceptors (Lipinski definition) is 3. The predicted molar refractivity (Wildman–Crippen MR) is 109 cm³/mol. The first kappa shape index (κ1) is 18.2. The molecule has 0 unspecified atom stereocenters. The van der Waals surface area contributed by atoms with Crippen molar-refractivity contribution in [1.82, 2.24) is 10.2 Å². The van der Waals surface area contributed by atoms with Gasteiger partial charge in [0.15, 0.2) is 0 Å². The number of amides is 1. The second kappa shape index (κ2) is 7.84. The minimum Gasteiger partial charge on any atom is -0.372 e. The Morgan fingerprint density at radius 2 is 1.86 bits per heavy atom. The second-order valence-electron chi connectivity index (χ2n) is 7.13. The maximum absolute atomic E-state index is 13.4. The van der Waals surface area contributed by atoms with Crippen molar-refractivity contribution in [1.29, 1.82) is 0 Å². The number of carbonyl (C=O) groups is 1. The van der Waals surface area contributed by atoms with E-state index in [0.717, 1.165) is 24.3 Å². The molecule has 3 aromatic rings. The van der Waals surface area contributed by atoms with Crippen molar-refractivity contribution < 1.29 is 9.18 Å². The summed E-state index contributed by atoms with van der Waals surface area (Å²) >= 11 is 0. The normalized spacial score (nSPS) is 14.1. The summed E-state index contributed by atoms with van der Waals surface area (Å²) in [5.41, 5.74) is 4.43. The lowest BCUT2D eigenvalue weighted by Crippen LogP contribution is -2.29. The zero-order valence-electron chi connectivity index (χ0n) is 15.8. The molecule has 0 saturated carbocycles. The minimum atomic E-state index is -0.440. The molecule has 2 heterocycles. The molecule has 1 aliphatic rings. The number of aryl methyl sites for hydroxylation is 1. The topological polar surface area (TPSA) is 61.0 Å². The van der Waals surface area contributed by atoms with Crippen molar-refractivity contribution in [2.45, 2.75) is 26.2 Å². The van der Waals surface area contributed by atoms with Crippen LogP contribution in [0.15, 0.2) is 48.5 Å². The van der Waals surface area contributed by atoms with Crippen molar-refractivity contribution in [2.24, 2.45) is 0 Å². The number of nitrogens with one attached hydrogen (secondary N) is 2. The van der Waals surface area contributed by atoms with Crippen LogP contribution in [0.4, 0.5) is 15.8 Å². The fourth-order valence-corrected chi connectivity index (χ4v) is 3.59. The average Bonchev–Trinajstić information content (AvgIpc) is 3.09. The molecule has 2 aromatic carbocycles. The maximum Gasteiger partial charge on any atom is 0.255 e. The highest BCUT2D eigenvalue weighted by atomic mass is 19.1. The Kier molecular flexibility index (Phi) is 5.10. The molecule has 28 heavy (non-hydrogen) atoms. The zero-order chi connectivity index (χ0) is 19.5. The number of aromatic amines is 1. The lowest BCUT2D eigenvalue weighted by atomic mass is 10.1. The number of benzene rings is 2. The summed E-state index contributed by atoms with van der Waals surface area (Å²) in [5.74, 6) is -0.805. The largest absolute Gasteiger partial charge is 0.372 e. The van der Waals surface area contributed by atoms with Gasteiger partial charge in [0.2, 0.25) is 0 Å². The lowest BCUT2D eigenvalue weighted by Gasteiger charge is -2.28. The molecule has 0 spiro atoms. The Hall–Kier alpha value is -3.15. The number of nitrogens with zero attached hydrogens (tertiary/aromatic N) is 2. The van der Waals surface area contributed by atoms with Gasteiger partial charge in [-0.05, 0) is 56.5 Å². The summed E-state index contributed by atoms with van der Waals surface area (Å²) in [6.07, 6.45) is 3.77. The Bertz CT molecular complexity index is 974. The fourth-order valence-electron chi connectivity index (χ4n) is 3.59. The third kappa shape index (κ3) is 3.76. The molecule has 1 aromatic heterocycles. The van der Waals surface area contributed by atoms with Crippen LogP contribution >= 0.6 is 0 Å². The van der Waals surface area contributed by atoms with Gasteiger partial charge in [-0.1, -0.05) is 18.2 Å². The number of piperidine rings is 1. The van der Waals surface area contributed by atoms with Gasteiger partial charge in [-0.2, -0.15) is 5.10 Å². The van der Waals surface area contributed by atoms with Crippen LogP contribution < -0.4 is 10.2 Å². The van der Waals surface area contributed by atoms with Crippen LogP contribution in [0.5, 0.6) is 0 Å². The number of hydrogen-bond donors (Lipinski definition) is 2. The van der Waals surface area contributed by atoms with E-state index in [-0.39, 0.29) is 11.5 Å². The molecule has 5 nitrogen and oxygen atoms in total. The number of halogens is 1. The first-order chi connectivity index (χ1) is 13.6. The summed E-state index contributed by atoms with van der Waals surface area (Å²) in [4.78, 5) is 14.9. The van der Waals surface area contributed by atoms with Crippen LogP contribution in [-0.4, -0.2) is 29.2 Å². The quantitative estimate of drug-likeness (QED) is 0.688. The summed E-state index contributed by atoms with van der Waals surface area (Å²) in [6.45, 7) is 4.03. The van der Waals surface area contributed by atoms with Gasteiger partial charge in [0.25, 0.3) is 5.91 Å². The van der Waals surface area contributed by atoms with Gasteiger partial charge >= 0.3 is 0 Å². The number of anilines is 2. The predicted octanol–water partition coefficient (Wildman–Crippen LogP) is 4.77. The number of H-pyrrole nitrogens is 1. The molecule has 0 bridgehead atoms. The minimum absolute atomic E-state index is 0.270. The molecule has 1 saturated heterocycles. The SMILES string of the molecule is Cc1[nH]nc(-c2ccc(N3CCCCC3)cc2)c1NC(=O)c1cccc(F)c1. The van der Waals surface area contributed by atoms with Crippen molar-refractivity contribution >= 4 is 17.3 Å². The number of aromatic nitrogens is 2. The smallest absolute Gasteiger partial charge is 0.255 e. The third-order valence-corrected chi connectivity index (χ3v) is 5.13. The molecule has 4 rings (SSSR count). The van der Waals surface area contributed by atoms with Gasteiger partial charge in [0.05, 0.1) is 11.4 Å². The Morgan fingerprint density at radius 3 is 2.57 bits per heavy atom. The van der Waals surface area contributed by atoms with E-state index in [1.54, 1.807) is 6.07 Å². The van der Waals surface area contributed by atoms with Crippen LogP contribution in [0.3, 0.4) is 0 Å². The molecular formula is C22H23FN4O. The average molecular weight is 378 g/mol. The van der Waals surface area contributed by atoms with Crippen molar-refractivity contribution in [3.05, 3.63) is 65.6 Å². The van der Waals surface area contributed by atoms with Gasteiger partial charge in [-0.25, -0.2) is 4.39 Å². The monoisotopic (exact) mass is 378 g/mol. The van der Waals surface area contributed by atoms with Crippen molar-refractivity contribution in [3.63, 3.8) is 0 Å². The van der Waals surface area contributed by atoms with E-state index in [1.165, 1.54) is 43.1 Å². The standard InChI is InChI=1S/C22H23FN4O/c1-15-20(24-22(28)17-6-5-7-18(23)14-17)21(26-25-15)16-8-10-19(11-9-16)27-12-3-2-4-13-27/h5-11,14H,2-4,12-13H2,1H3,(H,24,28)(H,25,26). The van der Waals surface area contributed by atoms with Gasteiger partial charge in [0.1, 0.15) is 11.5 Å². The third-order valence-electron chi connectivity index (χ3n) is 5.13. The number of rotatable bonds is 4. The summed E-state index contributed by atoms with van der Waals surface area (Å²) < 4.78 is 13.4. The van der Waals surface area contributed by atoms with E-state index in [9.17, 15) is 9.18 Å². The molecule has 1 fully saturated rings. The molecule has 0 radical (unpaired) electrons. The summed E-state index contributed by atoms with van der Waals surface area (Å²) in [6, 6.07) is 13.9. The van der Waals surface area contributed by atoms with Crippen LogP contribution in [0.2, 0.25) is 0 Å². The molecule has 2 N–H and O–H groups in total. The van der Waals surface area contributed by atoms with Gasteiger partial charge in [0, 0.05) is 29.9 Å². The maximum atomic E-state index is 13.4. The Balaban J connectivity index is 1.57. The summed E-state index contributed by atoms with van der Waals surface area (Å²) in [5, 5.41) is 10.2. The highest BCUT2D eigenvalue weighted by Crippen LogP contribution is 2.31. The van der Waals surface area contributed by atoms with E-state index in [2.05, 4.69) is 32.5 Å².